The molecule has 1 atom stereocenters. The van der Waals surface area contributed by atoms with Gasteiger partial charge in [0.25, 0.3) is 0 Å². The summed E-state index contributed by atoms with van der Waals surface area (Å²) >= 11 is 0. The summed E-state index contributed by atoms with van der Waals surface area (Å²) in [6, 6.07) is 4.50. The van der Waals surface area contributed by atoms with E-state index >= 15 is 0 Å². The summed E-state index contributed by atoms with van der Waals surface area (Å²) in [6.45, 7) is 1.72. The molecule has 1 aromatic rings. The summed E-state index contributed by atoms with van der Waals surface area (Å²) in [6.07, 6.45) is 0.254. The van der Waals surface area contributed by atoms with Gasteiger partial charge in [-0.2, -0.15) is 4.31 Å². The molecular formula is C12H16FNO4S2. The minimum Gasteiger partial charge on any atom is -0.229 e. The predicted molar refractivity (Wildman–Crippen MR) is 73.0 cm³/mol. The molecule has 1 saturated heterocycles. The number of nitrogens with zero attached hydrogens (tertiary/aromatic N) is 1. The van der Waals surface area contributed by atoms with Crippen LogP contribution in [0.1, 0.15) is 13.3 Å². The molecule has 1 aromatic carbocycles. The fourth-order valence-corrected chi connectivity index (χ4v) is 5.96. The topological polar surface area (TPSA) is 71.5 Å². The SMILES string of the molecule is CCN([C@@H]1CCS(=O)(=O)C1)S(=O)(=O)c1ccccc1F. The van der Waals surface area contributed by atoms with Crippen LogP contribution in [0.5, 0.6) is 0 Å². The number of benzene rings is 1. The lowest BCUT2D eigenvalue weighted by atomic mass is 10.3. The van der Waals surface area contributed by atoms with Crippen LogP contribution in [-0.2, 0) is 19.9 Å². The zero-order valence-corrected chi connectivity index (χ0v) is 12.6. The highest BCUT2D eigenvalue weighted by Crippen LogP contribution is 2.26. The van der Waals surface area contributed by atoms with Gasteiger partial charge >= 0.3 is 0 Å². The lowest BCUT2D eigenvalue weighted by Crippen LogP contribution is -2.41. The first-order valence-electron chi connectivity index (χ1n) is 6.25. The molecule has 5 nitrogen and oxygen atoms in total. The number of hydrogen-bond donors (Lipinski definition) is 0. The Hall–Kier alpha value is -0.990. The van der Waals surface area contributed by atoms with Crippen LogP contribution in [0.4, 0.5) is 4.39 Å². The standard InChI is InChI=1S/C12H16FNO4S2/c1-2-14(10-7-8-19(15,16)9-10)20(17,18)12-6-4-3-5-11(12)13/h3-6,10H,2,7-9H2,1H3/t10-/m1/s1. The van der Waals surface area contributed by atoms with Gasteiger partial charge in [-0.25, -0.2) is 21.2 Å². The largest absolute Gasteiger partial charge is 0.246 e. The van der Waals surface area contributed by atoms with E-state index in [0.29, 0.717) is 0 Å². The fraction of sp³-hybridized carbons (Fsp3) is 0.500. The van der Waals surface area contributed by atoms with Crippen molar-refractivity contribution in [2.45, 2.75) is 24.3 Å². The van der Waals surface area contributed by atoms with Gasteiger partial charge in [-0.15, -0.1) is 0 Å². The molecule has 0 bridgehead atoms. The Morgan fingerprint density at radius 3 is 2.50 bits per heavy atom. The van der Waals surface area contributed by atoms with Crippen molar-refractivity contribution in [1.82, 2.24) is 4.31 Å². The summed E-state index contributed by atoms with van der Waals surface area (Å²) in [4.78, 5) is -0.411. The zero-order valence-electron chi connectivity index (χ0n) is 11.0. The number of rotatable bonds is 4. The Labute approximate surface area is 118 Å². The minimum absolute atomic E-state index is 0.0268. The molecule has 8 heteroatoms. The summed E-state index contributed by atoms with van der Waals surface area (Å²) in [5.74, 6) is -1.05. The number of halogens is 1. The highest BCUT2D eigenvalue weighted by molar-refractivity contribution is 7.92. The van der Waals surface area contributed by atoms with E-state index in [0.717, 1.165) is 10.4 Å². The van der Waals surface area contributed by atoms with Crippen LogP contribution in [0.25, 0.3) is 0 Å². The first-order chi connectivity index (χ1) is 9.28. The van der Waals surface area contributed by atoms with Crippen molar-refractivity contribution >= 4 is 19.9 Å². The fourth-order valence-electron chi connectivity index (χ4n) is 2.41. The van der Waals surface area contributed by atoms with Gasteiger partial charge in [0.1, 0.15) is 10.7 Å². The predicted octanol–water partition coefficient (Wildman–Crippen LogP) is 1.02. The Morgan fingerprint density at radius 1 is 1.35 bits per heavy atom. The summed E-state index contributed by atoms with van der Waals surface area (Å²) in [5.41, 5.74) is 0. The van der Waals surface area contributed by atoms with Crippen molar-refractivity contribution < 1.29 is 21.2 Å². The molecule has 0 N–H and O–H groups in total. The van der Waals surface area contributed by atoms with Crippen LogP contribution in [0.15, 0.2) is 29.2 Å². The Morgan fingerprint density at radius 2 is 2.00 bits per heavy atom. The van der Waals surface area contributed by atoms with Gasteiger partial charge in [-0.05, 0) is 18.6 Å². The maximum Gasteiger partial charge on any atom is 0.246 e. The van der Waals surface area contributed by atoms with Crippen molar-refractivity contribution in [3.05, 3.63) is 30.1 Å². The van der Waals surface area contributed by atoms with Gasteiger partial charge in [0.15, 0.2) is 9.84 Å². The maximum atomic E-state index is 13.7. The zero-order chi connectivity index (χ0) is 15.0. The van der Waals surface area contributed by atoms with E-state index < -0.39 is 36.6 Å². The summed E-state index contributed by atoms with van der Waals surface area (Å²) < 4.78 is 62.7. The molecule has 2 rings (SSSR count). The molecule has 1 aliphatic heterocycles. The van der Waals surface area contributed by atoms with Gasteiger partial charge in [-0.1, -0.05) is 19.1 Å². The van der Waals surface area contributed by atoms with Gasteiger partial charge in [0, 0.05) is 12.6 Å². The quantitative estimate of drug-likeness (QED) is 0.830. The van der Waals surface area contributed by atoms with Crippen molar-refractivity contribution in [1.29, 1.82) is 0 Å². The van der Waals surface area contributed by atoms with Crippen LogP contribution >= 0.6 is 0 Å². The van der Waals surface area contributed by atoms with E-state index in [-0.39, 0.29) is 24.5 Å². The minimum atomic E-state index is -4.02. The van der Waals surface area contributed by atoms with Crippen molar-refractivity contribution in [3.8, 4) is 0 Å². The molecule has 0 spiro atoms. The van der Waals surface area contributed by atoms with E-state index in [9.17, 15) is 21.2 Å². The Balaban J connectivity index is 2.39. The molecule has 112 valence electrons. The van der Waals surface area contributed by atoms with Crippen molar-refractivity contribution in [2.24, 2.45) is 0 Å². The second kappa shape index (κ2) is 5.42. The van der Waals surface area contributed by atoms with Gasteiger partial charge in [0.05, 0.1) is 11.5 Å². The molecular weight excluding hydrogens is 305 g/mol. The second-order valence-corrected chi connectivity index (χ2v) is 8.78. The lowest BCUT2D eigenvalue weighted by Gasteiger charge is -2.26. The first kappa shape index (κ1) is 15.4. The van der Waals surface area contributed by atoms with Gasteiger partial charge in [-0.3, -0.25) is 0 Å². The molecule has 1 heterocycles. The van der Waals surface area contributed by atoms with E-state index in [1.165, 1.54) is 18.2 Å². The molecule has 0 radical (unpaired) electrons. The first-order valence-corrected chi connectivity index (χ1v) is 9.51. The third-order valence-corrected chi connectivity index (χ3v) is 7.16. The molecule has 0 unspecified atom stereocenters. The highest BCUT2D eigenvalue weighted by atomic mass is 32.2. The molecule has 20 heavy (non-hydrogen) atoms. The molecule has 1 fully saturated rings. The van der Waals surface area contributed by atoms with Crippen LogP contribution in [-0.4, -0.2) is 45.2 Å². The van der Waals surface area contributed by atoms with Crippen molar-refractivity contribution in [3.63, 3.8) is 0 Å². The third-order valence-electron chi connectivity index (χ3n) is 3.35. The van der Waals surface area contributed by atoms with E-state index in [2.05, 4.69) is 0 Å². The van der Waals surface area contributed by atoms with Crippen LogP contribution in [0.2, 0.25) is 0 Å². The highest BCUT2D eigenvalue weighted by Gasteiger charge is 2.38. The van der Waals surface area contributed by atoms with Gasteiger partial charge in [0.2, 0.25) is 10.0 Å². The maximum absolute atomic E-state index is 13.7. The molecule has 0 amide bonds. The van der Waals surface area contributed by atoms with Crippen LogP contribution < -0.4 is 0 Å². The monoisotopic (exact) mass is 321 g/mol. The molecule has 0 saturated carbocycles. The number of sulfonamides is 1. The second-order valence-electron chi connectivity index (χ2n) is 4.70. The number of hydrogen-bond acceptors (Lipinski definition) is 4. The van der Waals surface area contributed by atoms with E-state index in [1.54, 1.807) is 6.92 Å². The number of sulfone groups is 1. The average molecular weight is 321 g/mol. The average Bonchev–Trinajstić information content (AvgIpc) is 2.70. The third kappa shape index (κ3) is 2.87. The van der Waals surface area contributed by atoms with E-state index in [4.69, 9.17) is 0 Å². The molecule has 0 aromatic heterocycles. The summed E-state index contributed by atoms with van der Waals surface area (Å²) in [5, 5.41) is 0. The van der Waals surface area contributed by atoms with Gasteiger partial charge < -0.3 is 0 Å². The van der Waals surface area contributed by atoms with Crippen LogP contribution in [0, 0.1) is 5.82 Å². The Kier molecular flexibility index (Phi) is 4.17. The van der Waals surface area contributed by atoms with E-state index in [1.807, 2.05) is 0 Å². The Bertz CT molecular complexity index is 700. The lowest BCUT2D eigenvalue weighted by molar-refractivity contribution is 0.352. The van der Waals surface area contributed by atoms with Crippen LogP contribution in [0.3, 0.4) is 0 Å². The normalized spacial score (nSPS) is 22.2. The molecule has 1 aliphatic rings. The smallest absolute Gasteiger partial charge is 0.229 e. The van der Waals surface area contributed by atoms with Crippen molar-refractivity contribution in [2.75, 3.05) is 18.1 Å². The molecule has 0 aliphatic carbocycles. The summed E-state index contributed by atoms with van der Waals surface area (Å²) in [7, 11) is -7.22.